The molecule has 0 aromatic carbocycles. The SMILES string of the molecule is CNc1nc(C(C)C)nc(NC2CC(O)C2(C)C)c1C. The first-order chi connectivity index (χ1) is 9.27. The highest BCUT2D eigenvalue weighted by molar-refractivity contribution is 5.58. The molecule has 1 aromatic rings. The van der Waals surface area contributed by atoms with Gasteiger partial charge < -0.3 is 15.7 Å². The molecule has 1 aliphatic carbocycles. The molecule has 3 N–H and O–H groups in total. The lowest BCUT2D eigenvalue weighted by Gasteiger charge is -2.49. The lowest BCUT2D eigenvalue weighted by Crippen LogP contribution is -2.57. The van der Waals surface area contributed by atoms with E-state index in [4.69, 9.17) is 0 Å². The molecule has 2 unspecified atom stereocenters. The molecule has 0 spiro atoms. The first-order valence-corrected chi connectivity index (χ1v) is 7.28. The van der Waals surface area contributed by atoms with E-state index in [2.05, 4.69) is 48.3 Å². The molecule has 5 heteroatoms. The molecule has 0 bridgehead atoms. The van der Waals surface area contributed by atoms with Gasteiger partial charge in [0.25, 0.3) is 0 Å². The lowest BCUT2D eigenvalue weighted by atomic mass is 9.64. The second kappa shape index (κ2) is 5.20. The Bertz CT molecular complexity index is 499. The molecule has 1 aromatic heterocycles. The summed E-state index contributed by atoms with van der Waals surface area (Å²) in [5.41, 5.74) is 0.906. The number of hydrogen-bond acceptors (Lipinski definition) is 5. The standard InChI is InChI=1S/C15H26N4O/c1-8(2)12-18-13(16-6)9(3)14(19-12)17-10-7-11(20)15(10,4)5/h8,10-11,20H,7H2,1-6H3,(H2,16,17,18,19). The monoisotopic (exact) mass is 278 g/mol. The number of nitrogens with one attached hydrogen (secondary N) is 2. The van der Waals surface area contributed by atoms with Crippen LogP contribution in [0.4, 0.5) is 11.6 Å². The predicted molar refractivity (Wildman–Crippen MR) is 82.2 cm³/mol. The third-order valence-corrected chi connectivity index (χ3v) is 4.44. The van der Waals surface area contributed by atoms with Crippen molar-refractivity contribution in [1.29, 1.82) is 0 Å². The van der Waals surface area contributed by atoms with Gasteiger partial charge in [0.1, 0.15) is 17.5 Å². The predicted octanol–water partition coefficient (Wildman–Crippen LogP) is 2.52. The van der Waals surface area contributed by atoms with Gasteiger partial charge in [0.2, 0.25) is 0 Å². The van der Waals surface area contributed by atoms with Crippen LogP contribution in [0.1, 0.15) is 51.4 Å². The van der Waals surface area contributed by atoms with E-state index in [1.165, 1.54) is 0 Å². The molecule has 20 heavy (non-hydrogen) atoms. The summed E-state index contributed by atoms with van der Waals surface area (Å²) >= 11 is 0. The minimum Gasteiger partial charge on any atom is -0.392 e. The summed E-state index contributed by atoms with van der Waals surface area (Å²) in [7, 11) is 1.88. The molecule has 2 atom stereocenters. The van der Waals surface area contributed by atoms with Gasteiger partial charge in [-0.25, -0.2) is 9.97 Å². The van der Waals surface area contributed by atoms with Gasteiger partial charge in [0, 0.05) is 30.0 Å². The third-order valence-electron chi connectivity index (χ3n) is 4.44. The van der Waals surface area contributed by atoms with Crippen LogP contribution in [0.25, 0.3) is 0 Å². The van der Waals surface area contributed by atoms with Crippen LogP contribution in [0.15, 0.2) is 0 Å². The second-order valence-corrected chi connectivity index (χ2v) is 6.58. The number of nitrogens with zero attached hydrogens (tertiary/aromatic N) is 2. The van der Waals surface area contributed by atoms with Gasteiger partial charge in [-0.05, 0) is 13.3 Å². The smallest absolute Gasteiger partial charge is 0.135 e. The third kappa shape index (κ3) is 2.46. The molecule has 0 amide bonds. The molecular weight excluding hydrogens is 252 g/mol. The molecule has 0 radical (unpaired) electrons. The van der Waals surface area contributed by atoms with Crippen molar-refractivity contribution in [2.24, 2.45) is 5.41 Å². The largest absolute Gasteiger partial charge is 0.392 e. The molecule has 1 saturated carbocycles. The molecule has 1 fully saturated rings. The number of aliphatic hydroxyl groups is 1. The number of hydrogen-bond donors (Lipinski definition) is 3. The fourth-order valence-corrected chi connectivity index (χ4v) is 2.49. The van der Waals surface area contributed by atoms with E-state index < -0.39 is 0 Å². The normalized spacial score (nSPS) is 24.4. The van der Waals surface area contributed by atoms with Crippen molar-refractivity contribution in [1.82, 2.24) is 9.97 Å². The van der Waals surface area contributed by atoms with Crippen LogP contribution >= 0.6 is 0 Å². The zero-order valence-corrected chi connectivity index (χ0v) is 13.3. The summed E-state index contributed by atoms with van der Waals surface area (Å²) in [5.74, 6) is 2.85. The van der Waals surface area contributed by atoms with Crippen LogP contribution in [-0.4, -0.2) is 34.3 Å². The zero-order chi connectivity index (χ0) is 15.1. The highest BCUT2D eigenvalue weighted by atomic mass is 16.3. The summed E-state index contributed by atoms with van der Waals surface area (Å²) in [4.78, 5) is 9.19. The molecular formula is C15H26N4O. The van der Waals surface area contributed by atoms with Gasteiger partial charge in [0.05, 0.1) is 6.10 Å². The quantitative estimate of drug-likeness (QED) is 0.789. The molecule has 112 valence electrons. The molecule has 5 nitrogen and oxygen atoms in total. The van der Waals surface area contributed by atoms with E-state index in [1.807, 2.05) is 14.0 Å². The van der Waals surface area contributed by atoms with Crippen LogP contribution in [0.2, 0.25) is 0 Å². The van der Waals surface area contributed by atoms with Crippen molar-refractivity contribution < 1.29 is 5.11 Å². The first kappa shape index (κ1) is 15.0. The van der Waals surface area contributed by atoms with Crippen molar-refractivity contribution in [2.45, 2.75) is 59.1 Å². The lowest BCUT2D eigenvalue weighted by molar-refractivity contribution is -0.0511. The van der Waals surface area contributed by atoms with E-state index in [1.54, 1.807) is 0 Å². The Morgan fingerprint density at radius 1 is 1.25 bits per heavy atom. The molecule has 1 heterocycles. The highest BCUT2D eigenvalue weighted by Gasteiger charge is 2.47. The maximum absolute atomic E-state index is 9.85. The van der Waals surface area contributed by atoms with Crippen LogP contribution < -0.4 is 10.6 Å². The van der Waals surface area contributed by atoms with E-state index in [9.17, 15) is 5.11 Å². The van der Waals surface area contributed by atoms with Crippen LogP contribution in [0.3, 0.4) is 0 Å². The Labute approximate surface area is 121 Å². The summed E-state index contributed by atoms with van der Waals surface area (Å²) in [5, 5.41) is 16.5. The van der Waals surface area contributed by atoms with Gasteiger partial charge in [-0.3, -0.25) is 0 Å². The van der Waals surface area contributed by atoms with Gasteiger partial charge in [-0.2, -0.15) is 0 Å². The summed E-state index contributed by atoms with van der Waals surface area (Å²) in [6.45, 7) is 10.4. The number of aliphatic hydroxyl groups excluding tert-OH is 1. The summed E-state index contributed by atoms with van der Waals surface area (Å²) in [6, 6.07) is 0.246. The Kier molecular flexibility index (Phi) is 3.91. The first-order valence-electron chi connectivity index (χ1n) is 7.28. The number of aromatic nitrogens is 2. The molecule has 0 saturated heterocycles. The van der Waals surface area contributed by atoms with Crippen molar-refractivity contribution in [3.63, 3.8) is 0 Å². The number of rotatable bonds is 4. The van der Waals surface area contributed by atoms with Gasteiger partial charge in [0.15, 0.2) is 0 Å². The minimum atomic E-state index is -0.240. The van der Waals surface area contributed by atoms with E-state index in [0.29, 0.717) is 0 Å². The van der Waals surface area contributed by atoms with Gasteiger partial charge >= 0.3 is 0 Å². The molecule has 2 rings (SSSR count). The van der Waals surface area contributed by atoms with Crippen molar-refractivity contribution in [3.8, 4) is 0 Å². The van der Waals surface area contributed by atoms with Gasteiger partial charge in [-0.1, -0.05) is 27.7 Å². The average molecular weight is 278 g/mol. The second-order valence-electron chi connectivity index (χ2n) is 6.58. The molecule has 1 aliphatic rings. The summed E-state index contributed by atoms with van der Waals surface area (Å²) < 4.78 is 0. The molecule has 0 aliphatic heterocycles. The van der Waals surface area contributed by atoms with Crippen molar-refractivity contribution in [2.75, 3.05) is 17.7 Å². The Balaban J connectivity index is 2.29. The minimum absolute atomic E-state index is 0.116. The van der Waals surface area contributed by atoms with Crippen molar-refractivity contribution in [3.05, 3.63) is 11.4 Å². The summed E-state index contributed by atoms with van der Waals surface area (Å²) in [6.07, 6.45) is 0.526. The van der Waals surface area contributed by atoms with Crippen LogP contribution in [-0.2, 0) is 0 Å². The van der Waals surface area contributed by atoms with E-state index >= 15 is 0 Å². The van der Waals surface area contributed by atoms with Crippen LogP contribution in [0, 0.1) is 12.3 Å². The maximum atomic E-state index is 9.85. The van der Waals surface area contributed by atoms with Crippen LogP contribution in [0.5, 0.6) is 0 Å². The Morgan fingerprint density at radius 3 is 2.30 bits per heavy atom. The fourth-order valence-electron chi connectivity index (χ4n) is 2.49. The Morgan fingerprint density at radius 2 is 1.85 bits per heavy atom. The van der Waals surface area contributed by atoms with Gasteiger partial charge in [-0.15, -0.1) is 0 Å². The highest BCUT2D eigenvalue weighted by Crippen LogP contribution is 2.42. The Hall–Kier alpha value is -1.36. The van der Waals surface area contributed by atoms with Crippen molar-refractivity contribution >= 4 is 11.6 Å². The van der Waals surface area contributed by atoms with E-state index in [-0.39, 0.29) is 23.5 Å². The average Bonchev–Trinajstić information content (AvgIpc) is 2.40. The number of anilines is 2. The zero-order valence-electron chi connectivity index (χ0n) is 13.3. The maximum Gasteiger partial charge on any atom is 0.135 e. The van der Waals surface area contributed by atoms with E-state index in [0.717, 1.165) is 29.4 Å². The topological polar surface area (TPSA) is 70.1 Å². The fraction of sp³-hybridized carbons (Fsp3) is 0.733.